The lowest BCUT2D eigenvalue weighted by molar-refractivity contribution is -0.115. The van der Waals surface area contributed by atoms with Crippen molar-refractivity contribution in [1.82, 2.24) is 0 Å². The zero-order valence-corrected chi connectivity index (χ0v) is 16.3. The minimum absolute atomic E-state index is 0.0347. The van der Waals surface area contributed by atoms with E-state index in [1.54, 1.807) is 25.1 Å². The summed E-state index contributed by atoms with van der Waals surface area (Å²) in [6, 6.07) is 8.92. The molecule has 0 saturated heterocycles. The van der Waals surface area contributed by atoms with E-state index in [4.69, 9.17) is 14.2 Å². The summed E-state index contributed by atoms with van der Waals surface area (Å²) in [5.41, 5.74) is 0.530. The van der Waals surface area contributed by atoms with E-state index in [9.17, 15) is 13.2 Å². The van der Waals surface area contributed by atoms with Gasteiger partial charge >= 0.3 is 0 Å². The zero-order chi connectivity index (χ0) is 20.0. The lowest BCUT2D eigenvalue weighted by atomic mass is 10.3. The second-order valence-corrected chi connectivity index (χ2v) is 7.12. The number of benzene rings is 2. The Bertz CT molecular complexity index is 927. The molecule has 2 N–H and O–H groups in total. The molecule has 0 aliphatic carbocycles. The molecule has 0 bridgehead atoms. The monoisotopic (exact) mass is 394 g/mol. The van der Waals surface area contributed by atoms with Gasteiger partial charge in [-0.25, -0.2) is 8.42 Å². The predicted molar refractivity (Wildman–Crippen MR) is 102 cm³/mol. The Kier molecular flexibility index (Phi) is 6.51. The number of anilines is 2. The van der Waals surface area contributed by atoms with E-state index in [0.29, 0.717) is 17.2 Å². The summed E-state index contributed by atoms with van der Waals surface area (Å²) in [6.07, 6.45) is 0.251. The van der Waals surface area contributed by atoms with Crippen molar-refractivity contribution in [3.63, 3.8) is 0 Å². The molecule has 0 aromatic heterocycles. The van der Waals surface area contributed by atoms with Gasteiger partial charge in [0.1, 0.15) is 17.2 Å². The van der Waals surface area contributed by atoms with E-state index in [2.05, 4.69) is 10.0 Å². The van der Waals surface area contributed by atoms with Gasteiger partial charge in [-0.1, -0.05) is 6.92 Å². The average Bonchev–Trinajstić information content (AvgIpc) is 2.67. The lowest BCUT2D eigenvalue weighted by Crippen LogP contribution is -2.15. The Morgan fingerprint density at radius 1 is 0.926 bits per heavy atom. The summed E-state index contributed by atoms with van der Waals surface area (Å²) < 4.78 is 43.5. The molecule has 0 saturated carbocycles. The lowest BCUT2D eigenvalue weighted by Gasteiger charge is -2.15. The van der Waals surface area contributed by atoms with Crippen molar-refractivity contribution in [3.05, 3.63) is 36.4 Å². The third-order valence-corrected chi connectivity index (χ3v) is 5.09. The van der Waals surface area contributed by atoms with Crippen molar-refractivity contribution >= 4 is 27.3 Å². The maximum Gasteiger partial charge on any atom is 0.262 e. The van der Waals surface area contributed by atoms with Crippen molar-refractivity contribution in [3.8, 4) is 17.2 Å². The zero-order valence-electron chi connectivity index (χ0n) is 15.5. The van der Waals surface area contributed by atoms with Gasteiger partial charge < -0.3 is 19.5 Å². The number of carbonyl (C=O) groups is 1. The minimum Gasteiger partial charge on any atom is -0.497 e. The molecule has 8 nitrogen and oxygen atoms in total. The summed E-state index contributed by atoms with van der Waals surface area (Å²) in [5, 5.41) is 2.63. The summed E-state index contributed by atoms with van der Waals surface area (Å²) in [5.74, 6) is 0.945. The molecule has 2 aromatic carbocycles. The van der Waals surface area contributed by atoms with Crippen LogP contribution in [0.15, 0.2) is 41.3 Å². The van der Waals surface area contributed by atoms with Crippen LogP contribution in [0, 0.1) is 0 Å². The topological polar surface area (TPSA) is 103 Å². The second kappa shape index (κ2) is 8.63. The third kappa shape index (κ3) is 4.82. The van der Waals surface area contributed by atoms with Gasteiger partial charge in [0.05, 0.1) is 37.6 Å². The van der Waals surface area contributed by atoms with Crippen LogP contribution >= 0.6 is 0 Å². The van der Waals surface area contributed by atoms with Gasteiger partial charge in [-0.15, -0.1) is 0 Å². The Morgan fingerprint density at radius 2 is 1.63 bits per heavy atom. The SMILES string of the molecule is CCC(=O)Nc1cc(S(=O)(=O)Nc2ccc(OC)cc2OC)ccc1OC. The molecule has 2 aromatic rings. The van der Waals surface area contributed by atoms with E-state index in [-0.39, 0.29) is 28.6 Å². The van der Waals surface area contributed by atoms with Crippen LogP contribution in [0.3, 0.4) is 0 Å². The Morgan fingerprint density at radius 3 is 2.22 bits per heavy atom. The van der Waals surface area contributed by atoms with Crippen molar-refractivity contribution in [2.75, 3.05) is 31.4 Å². The van der Waals surface area contributed by atoms with Gasteiger partial charge in [-0.3, -0.25) is 9.52 Å². The Balaban J connectivity index is 2.39. The van der Waals surface area contributed by atoms with Gasteiger partial charge in [-0.2, -0.15) is 0 Å². The van der Waals surface area contributed by atoms with E-state index in [1.165, 1.54) is 39.5 Å². The van der Waals surface area contributed by atoms with E-state index in [1.807, 2.05) is 0 Å². The molecule has 9 heteroatoms. The first-order valence-corrected chi connectivity index (χ1v) is 9.55. The summed E-state index contributed by atoms with van der Waals surface area (Å²) in [4.78, 5) is 11.7. The van der Waals surface area contributed by atoms with Crippen LogP contribution in [0.1, 0.15) is 13.3 Å². The highest BCUT2D eigenvalue weighted by molar-refractivity contribution is 7.92. The molecule has 2 rings (SSSR count). The molecule has 0 aliphatic heterocycles. The number of rotatable bonds is 8. The fraction of sp³-hybridized carbons (Fsp3) is 0.278. The van der Waals surface area contributed by atoms with Crippen LogP contribution in [0.25, 0.3) is 0 Å². The van der Waals surface area contributed by atoms with Crippen LogP contribution < -0.4 is 24.2 Å². The molecule has 0 radical (unpaired) electrons. The molecular weight excluding hydrogens is 372 g/mol. The van der Waals surface area contributed by atoms with E-state index >= 15 is 0 Å². The smallest absolute Gasteiger partial charge is 0.262 e. The fourth-order valence-corrected chi connectivity index (χ4v) is 3.37. The molecule has 0 heterocycles. The Hall–Kier alpha value is -2.94. The van der Waals surface area contributed by atoms with Crippen molar-refractivity contribution in [1.29, 1.82) is 0 Å². The third-order valence-electron chi connectivity index (χ3n) is 3.73. The molecule has 0 spiro atoms. The molecule has 0 fully saturated rings. The number of carbonyl (C=O) groups excluding carboxylic acids is 1. The van der Waals surface area contributed by atoms with Gasteiger partial charge in [0.15, 0.2) is 0 Å². The number of hydrogen-bond donors (Lipinski definition) is 2. The number of ether oxygens (including phenoxy) is 3. The quantitative estimate of drug-likeness (QED) is 0.714. The van der Waals surface area contributed by atoms with Crippen molar-refractivity contribution < 1.29 is 27.4 Å². The highest BCUT2D eigenvalue weighted by atomic mass is 32.2. The van der Waals surface area contributed by atoms with Crippen LogP contribution in [-0.4, -0.2) is 35.7 Å². The maximum absolute atomic E-state index is 12.8. The minimum atomic E-state index is -3.93. The van der Waals surface area contributed by atoms with Crippen molar-refractivity contribution in [2.45, 2.75) is 18.2 Å². The molecule has 27 heavy (non-hydrogen) atoms. The summed E-state index contributed by atoms with van der Waals surface area (Å²) >= 11 is 0. The molecular formula is C18H22N2O6S. The van der Waals surface area contributed by atoms with Crippen molar-refractivity contribution in [2.24, 2.45) is 0 Å². The number of amides is 1. The number of methoxy groups -OCH3 is 3. The first kappa shape index (κ1) is 20.4. The predicted octanol–water partition coefficient (Wildman–Crippen LogP) is 2.86. The van der Waals surface area contributed by atoms with E-state index in [0.717, 1.165) is 0 Å². The average molecular weight is 394 g/mol. The highest BCUT2D eigenvalue weighted by Gasteiger charge is 2.19. The highest BCUT2D eigenvalue weighted by Crippen LogP contribution is 2.32. The number of sulfonamides is 1. The summed E-state index contributed by atoms with van der Waals surface area (Å²) in [7, 11) is 0.434. The van der Waals surface area contributed by atoms with Gasteiger partial charge in [0.2, 0.25) is 5.91 Å². The number of hydrogen-bond acceptors (Lipinski definition) is 6. The molecule has 1 amide bonds. The van der Waals surface area contributed by atoms with Gasteiger partial charge in [-0.05, 0) is 30.3 Å². The van der Waals surface area contributed by atoms with Crippen LogP contribution in [0.2, 0.25) is 0 Å². The first-order valence-electron chi connectivity index (χ1n) is 8.07. The first-order chi connectivity index (χ1) is 12.8. The fourth-order valence-electron chi connectivity index (χ4n) is 2.28. The van der Waals surface area contributed by atoms with E-state index < -0.39 is 10.0 Å². The van der Waals surface area contributed by atoms with Crippen LogP contribution in [-0.2, 0) is 14.8 Å². The standard InChI is InChI=1S/C18H22N2O6S/c1-5-18(21)19-15-11-13(7-9-16(15)25-3)27(22,23)20-14-8-6-12(24-2)10-17(14)26-4/h6-11,20H,5H2,1-4H3,(H,19,21). The molecule has 0 unspecified atom stereocenters. The van der Waals surface area contributed by atoms with Gasteiger partial charge in [0.25, 0.3) is 10.0 Å². The van der Waals surface area contributed by atoms with Crippen LogP contribution in [0.5, 0.6) is 17.2 Å². The second-order valence-electron chi connectivity index (χ2n) is 5.44. The largest absolute Gasteiger partial charge is 0.497 e. The maximum atomic E-state index is 12.8. The molecule has 0 aliphatic rings. The Labute approximate surface area is 158 Å². The van der Waals surface area contributed by atoms with Crippen LogP contribution in [0.4, 0.5) is 11.4 Å². The van der Waals surface area contributed by atoms with Gasteiger partial charge in [0, 0.05) is 12.5 Å². The summed E-state index contributed by atoms with van der Waals surface area (Å²) in [6.45, 7) is 1.69. The molecule has 0 atom stereocenters. The number of nitrogens with one attached hydrogen (secondary N) is 2. The normalized spacial score (nSPS) is 10.8. The molecule has 146 valence electrons.